The minimum Gasteiger partial charge on any atom is -0.379 e. The van der Waals surface area contributed by atoms with Gasteiger partial charge < -0.3 is 10.1 Å². The minimum absolute atomic E-state index is 0.0127. The van der Waals surface area contributed by atoms with Crippen molar-refractivity contribution in [3.05, 3.63) is 28.3 Å². The number of nitrogens with zero attached hydrogens (tertiary/aromatic N) is 1. The molecule has 0 aromatic heterocycles. The molecule has 2 rings (SSSR count). The molecule has 1 heterocycles. The summed E-state index contributed by atoms with van der Waals surface area (Å²) in [4.78, 5) is 9.99. The molecule has 2 atom stereocenters. The van der Waals surface area contributed by atoms with Crippen molar-refractivity contribution in [2.45, 2.75) is 17.5 Å². The van der Waals surface area contributed by atoms with E-state index in [1.165, 1.54) is 12.1 Å². The number of nitrogens with two attached hydrogens (primary N) is 1. The molecule has 1 aromatic carbocycles. The monoisotopic (exact) mass is 333 g/mol. The molecule has 1 aliphatic rings. The Morgan fingerprint density at radius 3 is 2.82 bits per heavy atom. The number of nitrogens with one attached hydrogen (secondary N) is 1. The molecule has 0 spiro atoms. The Labute approximate surface area is 126 Å². The van der Waals surface area contributed by atoms with Gasteiger partial charge in [0.15, 0.2) is 0 Å². The predicted octanol–water partition coefficient (Wildman–Crippen LogP) is 1.03. The van der Waals surface area contributed by atoms with Crippen molar-refractivity contribution in [1.82, 2.24) is 0 Å². The van der Waals surface area contributed by atoms with Crippen LogP contribution in [0.25, 0.3) is 0 Å². The van der Waals surface area contributed by atoms with Crippen molar-refractivity contribution in [3.63, 3.8) is 0 Å². The van der Waals surface area contributed by atoms with E-state index in [0.29, 0.717) is 13.0 Å². The lowest BCUT2D eigenvalue weighted by Crippen LogP contribution is -2.33. The maximum absolute atomic E-state index is 13.6. The largest absolute Gasteiger partial charge is 0.379 e. The lowest BCUT2D eigenvalue weighted by atomic mass is 9.98. The fraction of sp³-hybridized carbons (Fsp3) is 0.500. The summed E-state index contributed by atoms with van der Waals surface area (Å²) in [5.41, 5.74) is -0.301. The normalized spacial score (nSPS) is 22.3. The number of halogens is 1. The van der Waals surface area contributed by atoms with Crippen LogP contribution in [0.1, 0.15) is 6.42 Å². The molecule has 122 valence electrons. The molecule has 22 heavy (non-hydrogen) atoms. The topological polar surface area (TPSA) is 125 Å². The molecule has 1 fully saturated rings. The molecule has 10 heteroatoms. The molecule has 0 saturated carbocycles. The first-order valence-electron chi connectivity index (χ1n) is 6.56. The van der Waals surface area contributed by atoms with Gasteiger partial charge in [0.25, 0.3) is 5.69 Å². The molecular weight excluding hydrogens is 317 g/mol. The molecule has 0 aliphatic carbocycles. The van der Waals surface area contributed by atoms with Crippen LogP contribution in [0.2, 0.25) is 0 Å². The molecule has 1 saturated heterocycles. The van der Waals surface area contributed by atoms with E-state index in [-0.39, 0.29) is 29.7 Å². The van der Waals surface area contributed by atoms with Crippen LogP contribution < -0.4 is 10.5 Å². The average molecular weight is 333 g/mol. The second-order valence-corrected chi connectivity index (χ2v) is 6.56. The molecule has 0 radical (unpaired) electrons. The lowest BCUT2D eigenvalue weighted by molar-refractivity contribution is -0.384. The van der Waals surface area contributed by atoms with Crippen molar-refractivity contribution in [3.8, 4) is 0 Å². The summed E-state index contributed by atoms with van der Waals surface area (Å²) >= 11 is 0. The van der Waals surface area contributed by atoms with Gasteiger partial charge in [0.2, 0.25) is 10.0 Å². The molecular formula is C12H16FN3O5S. The smallest absolute Gasteiger partial charge is 0.293 e. The Bertz CT molecular complexity index is 667. The molecule has 1 aliphatic heterocycles. The van der Waals surface area contributed by atoms with Crippen LogP contribution in [-0.2, 0) is 14.8 Å². The summed E-state index contributed by atoms with van der Waals surface area (Å²) in [5, 5.41) is 18.8. The van der Waals surface area contributed by atoms with Gasteiger partial charge in [-0.2, -0.15) is 0 Å². The SMILES string of the molecule is NS(=O)(=O)c1ccc(NCC2CCOCC2F)c([N+](=O)[O-])c1. The van der Waals surface area contributed by atoms with Crippen molar-refractivity contribution >= 4 is 21.4 Å². The third-order valence-corrected chi connectivity index (χ3v) is 4.38. The molecule has 0 bridgehead atoms. The number of rotatable bonds is 5. The first-order chi connectivity index (χ1) is 10.3. The number of anilines is 1. The first-order valence-corrected chi connectivity index (χ1v) is 8.10. The van der Waals surface area contributed by atoms with E-state index in [9.17, 15) is 22.9 Å². The summed E-state index contributed by atoms with van der Waals surface area (Å²) in [5.74, 6) is -0.314. The maximum atomic E-state index is 13.6. The second kappa shape index (κ2) is 6.55. The highest BCUT2D eigenvalue weighted by Crippen LogP contribution is 2.28. The molecule has 0 amide bonds. The Hall–Kier alpha value is -1.78. The number of nitro groups is 1. The Kier molecular flexibility index (Phi) is 4.94. The van der Waals surface area contributed by atoms with E-state index in [4.69, 9.17) is 9.88 Å². The van der Waals surface area contributed by atoms with Crippen LogP contribution in [0.5, 0.6) is 0 Å². The number of hydrogen-bond donors (Lipinski definition) is 2. The third kappa shape index (κ3) is 3.90. The summed E-state index contributed by atoms with van der Waals surface area (Å²) in [7, 11) is -4.03. The van der Waals surface area contributed by atoms with E-state index < -0.39 is 26.8 Å². The van der Waals surface area contributed by atoms with Crippen molar-refractivity contribution in [2.75, 3.05) is 25.1 Å². The Balaban J connectivity index is 2.18. The van der Waals surface area contributed by atoms with Crippen LogP contribution in [0.3, 0.4) is 0 Å². The molecule has 1 aromatic rings. The standard InChI is InChI=1S/C12H16FN3O5S/c13-10-7-21-4-3-8(10)6-15-11-2-1-9(22(14,19)20)5-12(11)16(17)18/h1-2,5,8,10,15H,3-4,6-7H2,(H2,14,19,20). The van der Waals surface area contributed by atoms with Crippen molar-refractivity contribution in [2.24, 2.45) is 11.1 Å². The summed E-state index contributed by atoms with van der Waals surface area (Å²) in [6.07, 6.45) is -0.624. The number of hydrogen-bond acceptors (Lipinski definition) is 6. The summed E-state index contributed by atoms with van der Waals surface area (Å²) in [6.45, 7) is 0.651. The van der Waals surface area contributed by atoms with E-state index in [0.717, 1.165) is 6.07 Å². The fourth-order valence-corrected chi connectivity index (χ4v) is 2.74. The number of ether oxygens (including phenoxy) is 1. The lowest BCUT2D eigenvalue weighted by Gasteiger charge is -2.26. The van der Waals surface area contributed by atoms with Crippen LogP contribution in [0.15, 0.2) is 23.1 Å². The van der Waals surface area contributed by atoms with Gasteiger partial charge in [-0.3, -0.25) is 10.1 Å². The van der Waals surface area contributed by atoms with Crippen molar-refractivity contribution < 1.29 is 22.5 Å². The fourth-order valence-electron chi connectivity index (χ4n) is 2.21. The summed E-state index contributed by atoms with van der Waals surface area (Å²) in [6, 6.07) is 3.31. The number of sulfonamides is 1. The van der Waals surface area contributed by atoms with Gasteiger partial charge in [0.05, 0.1) is 16.4 Å². The van der Waals surface area contributed by atoms with E-state index in [2.05, 4.69) is 5.32 Å². The summed E-state index contributed by atoms with van der Waals surface area (Å²) < 4.78 is 41.1. The highest BCUT2D eigenvalue weighted by Gasteiger charge is 2.26. The van der Waals surface area contributed by atoms with Crippen LogP contribution in [-0.4, -0.2) is 39.3 Å². The highest BCUT2D eigenvalue weighted by molar-refractivity contribution is 7.89. The third-order valence-electron chi connectivity index (χ3n) is 3.47. The van der Waals surface area contributed by atoms with Gasteiger partial charge in [0.1, 0.15) is 11.9 Å². The van der Waals surface area contributed by atoms with E-state index in [1.54, 1.807) is 0 Å². The number of benzene rings is 1. The van der Waals surface area contributed by atoms with Gasteiger partial charge in [-0.1, -0.05) is 0 Å². The quantitative estimate of drug-likeness (QED) is 0.612. The Morgan fingerprint density at radius 1 is 1.50 bits per heavy atom. The van der Waals surface area contributed by atoms with Crippen molar-refractivity contribution in [1.29, 1.82) is 0 Å². The van der Waals surface area contributed by atoms with Crippen LogP contribution in [0, 0.1) is 16.0 Å². The predicted molar refractivity (Wildman–Crippen MR) is 76.8 cm³/mol. The van der Waals surface area contributed by atoms with E-state index in [1.807, 2.05) is 0 Å². The van der Waals surface area contributed by atoms with Gasteiger partial charge in [-0.25, -0.2) is 17.9 Å². The number of alkyl halides is 1. The zero-order valence-electron chi connectivity index (χ0n) is 11.6. The second-order valence-electron chi connectivity index (χ2n) is 5.00. The molecule has 3 N–H and O–H groups in total. The Morgan fingerprint density at radius 2 is 2.23 bits per heavy atom. The zero-order chi connectivity index (χ0) is 16.3. The van der Waals surface area contributed by atoms with E-state index >= 15 is 0 Å². The van der Waals surface area contributed by atoms with Gasteiger partial charge >= 0.3 is 0 Å². The van der Waals surface area contributed by atoms with Crippen LogP contribution in [0.4, 0.5) is 15.8 Å². The average Bonchev–Trinajstić information content (AvgIpc) is 2.45. The first kappa shape index (κ1) is 16.6. The maximum Gasteiger partial charge on any atom is 0.293 e. The number of nitro benzene ring substituents is 1. The van der Waals surface area contributed by atoms with Gasteiger partial charge in [-0.05, 0) is 18.6 Å². The molecule has 8 nitrogen and oxygen atoms in total. The zero-order valence-corrected chi connectivity index (χ0v) is 12.4. The van der Waals surface area contributed by atoms with Crippen LogP contribution >= 0.6 is 0 Å². The van der Waals surface area contributed by atoms with Gasteiger partial charge in [0, 0.05) is 25.1 Å². The number of primary sulfonamides is 1. The highest BCUT2D eigenvalue weighted by atomic mass is 32.2. The molecule has 2 unspecified atom stereocenters. The van der Waals surface area contributed by atoms with Gasteiger partial charge in [-0.15, -0.1) is 0 Å². The minimum atomic E-state index is -4.03.